The van der Waals surface area contributed by atoms with Gasteiger partial charge in [0.15, 0.2) is 0 Å². The average molecular weight is 192 g/mol. The number of hydrogen-bond acceptors (Lipinski definition) is 3. The monoisotopic (exact) mass is 192 g/mol. The van der Waals surface area contributed by atoms with Gasteiger partial charge in [-0.2, -0.15) is 0 Å². The second kappa shape index (κ2) is 3.31. The highest BCUT2D eigenvalue weighted by Crippen LogP contribution is 2.37. The van der Waals surface area contributed by atoms with Gasteiger partial charge in [-0.3, -0.25) is 4.79 Å². The minimum absolute atomic E-state index is 0.0845. The maximum atomic E-state index is 10.9. The summed E-state index contributed by atoms with van der Waals surface area (Å²) in [5, 5.41) is 2.71. The molecule has 1 aromatic rings. The van der Waals surface area contributed by atoms with Gasteiger partial charge in [0, 0.05) is 12.5 Å². The third kappa shape index (κ3) is 1.44. The molecule has 0 aromatic heterocycles. The molecule has 74 valence electrons. The Morgan fingerprint density at radius 3 is 3.14 bits per heavy atom. The summed E-state index contributed by atoms with van der Waals surface area (Å²) in [6, 6.07) is 5.49. The minimum Gasteiger partial charge on any atom is -0.489 e. The SMILES string of the molecule is CC(=O)Nc1cccc2c1OC[C@@H]2N. The van der Waals surface area contributed by atoms with Crippen LogP contribution in [0.4, 0.5) is 5.69 Å². The number of ether oxygens (including phenoxy) is 1. The van der Waals surface area contributed by atoms with Gasteiger partial charge in [-0.1, -0.05) is 12.1 Å². The standard InChI is InChI=1S/C10H12N2O2/c1-6(13)12-9-4-2-3-7-8(11)5-14-10(7)9/h2-4,8H,5,11H2,1H3,(H,12,13)/t8-/m0/s1. The smallest absolute Gasteiger partial charge is 0.221 e. The molecule has 0 spiro atoms. The zero-order chi connectivity index (χ0) is 10.1. The van der Waals surface area contributed by atoms with E-state index in [4.69, 9.17) is 10.5 Å². The van der Waals surface area contributed by atoms with E-state index in [1.165, 1.54) is 6.92 Å². The predicted molar refractivity (Wildman–Crippen MR) is 53.2 cm³/mol. The van der Waals surface area contributed by atoms with E-state index in [1.807, 2.05) is 12.1 Å². The molecule has 3 N–H and O–H groups in total. The molecule has 1 aliphatic rings. The zero-order valence-electron chi connectivity index (χ0n) is 7.91. The Morgan fingerprint density at radius 2 is 2.43 bits per heavy atom. The quantitative estimate of drug-likeness (QED) is 0.698. The summed E-state index contributed by atoms with van der Waals surface area (Å²) in [5.74, 6) is 0.595. The Hall–Kier alpha value is -1.55. The molecule has 0 saturated carbocycles. The van der Waals surface area contributed by atoms with Crippen LogP contribution in [0.25, 0.3) is 0 Å². The van der Waals surface area contributed by atoms with Gasteiger partial charge in [0.25, 0.3) is 0 Å². The zero-order valence-corrected chi connectivity index (χ0v) is 7.91. The van der Waals surface area contributed by atoms with Gasteiger partial charge in [0.2, 0.25) is 5.91 Å². The number of carbonyl (C=O) groups excluding carboxylic acids is 1. The second-order valence-corrected chi connectivity index (χ2v) is 3.32. The Balaban J connectivity index is 2.39. The number of benzene rings is 1. The maximum absolute atomic E-state index is 10.9. The van der Waals surface area contributed by atoms with Crippen molar-refractivity contribution in [1.29, 1.82) is 0 Å². The highest BCUT2D eigenvalue weighted by atomic mass is 16.5. The third-order valence-electron chi connectivity index (χ3n) is 2.16. The second-order valence-electron chi connectivity index (χ2n) is 3.32. The molecule has 1 aliphatic heterocycles. The van der Waals surface area contributed by atoms with Gasteiger partial charge in [-0.15, -0.1) is 0 Å². The van der Waals surface area contributed by atoms with Crippen LogP contribution in [0.5, 0.6) is 5.75 Å². The van der Waals surface area contributed by atoms with E-state index in [1.54, 1.807) is 6.07 Å². The van der Waals surface area contributed by atoms with Crippen LogP contribution < -0.4 is 15.8 Å². The number of amides is 1. The molecule has 4 heteroatoms. The fourth-order valence-electron chi connectivity index (χ4n) is 1.56. The summed E-state index contributed by atoms with van der Waals surface area (Å²) < 4.78 is 5.40. The van der Waals surface area contributed by atoms with E-state index >= 15 is 0 Å². The molecule has 0 unspecified atom stereocenters. The Morgan fingerprint density at radius 1 is 1.64 bits per heavy atom. The van der Waals surface area contributed by atoms with Crippen LogP contribution in [0.2, 0.25) is 0 Å². The van der Waals surface area contributed by atoms with Gasteiger partial charge in [0.1, 0.15) is 12.4 Å². The molecule has 2 rings (SSSR count). The largest absolute Gasteiger partial charge is 0.489 e. The lowest BCUT2D eigenvalue weighted by molar-refractivity contribution is -0.114. The van der Waals surface area contributed by atoms with Crippen molar-refractivity contribution < 1.29 is 9.53 Å². The van der Waals surface area contributed by atoms with E-state index in [9.17, 15) is 4.79 Å². The van der Waals surface area contributed by atoms with Gasteiger partial charge in [0.05, 0.1) is 11.7 Å². The highest BCUT2D eigenvalue weighted by Gasteiger charge is 2.23. The Kier molecular flexibility index (Phi) is 2.13. The lowest BCUT2D eigenvalue weighted by atomic mass is 10.1. The molecule has 1 aromatic carbocycles. The van der Waals surface area contributed by atoms with Crippen molar-refractivity contribution in [3.05, 3.63) is 23.8 Å². The lowest BCUT2D eigenvalue weighted by Gasteiger charge is -2.07. The lowest BCUT2D eigenvalue weighted by Crippen LogP contribution is -2.10. The fourth-order valence-corrected chi connectivity index (χ4v) is 1.56. The fraction of sp³-hybridized carbons (Fsp3) is 0.300. The summed E-state index contributed by atoms with van der Waals surface area (Å²) in [6.07, 6.45) is 0. The number of rotatable bonds is 1. The van der Waals surface area contributed by atoms with Crippen molar-refractivity contribution in [2.45, 2.75) is 13.0 Å². The van der Waals surface area contributed by atoms with E-state index < -0.39 is 0 Å². The van der Waals surface area contributed by atoms with E-state index in [0.29, 0.717) is 18.0 Å². The summed E-state index contributed by atoms with van der Waals surface area (Å²) in [4.78, 5) is 10.9. The van der Waals surface area contributed by atoms with Crippen molar-refractivity contribution in [3.8, 4) is 5.75 Å². The van der Waals surface area contributed by atoms with Crippen molar-refractivity contribution in [2.24, 2.45) is 5.73 Å². The number of hydrogen-bond donors (Lipinski definition) is 2. The highest BCUT2D eigenvalue weighted by molar-refractivity contribution is 5.90. The Labute approximate surface area is 82.1 Å². The Bertz CT molecular complexity index is 376. The molecule has 0 saturated heterocycles. The van der Waals surface area contributed by atoms with Crippen LogP contribution in [0.1, 0.15) is 18.5 Å². The normalized spacial score (nSPS) is 18.6. The third-order valence-corrected chi connectivity index (χ3v) is 2.16. The number of para-hydroxylation sites is 1. The molecule has 0 bridgehead atoms. The number of anilines is 1. The summed E-state index contributed by atoms with van der Waals surface area (Å²) in [7, 11) is 0. The average Bonchev–Trinajstić information content (AvgIpc) is 2.49. The maximum Gasteiger partial charge on any atom is 0.221 e. The van der Waals surface area contributed by atoms with E-state index in [0.717, 1.165) is 5.56 Å². The molecular formula is C10H12N2O2. The first kappa shape index (κ1) is 9.02. The van der Waals surface area contributed by atoms with Crippen LogP contribution in [-0.4, -0.2) is 12.5 Å². The molecule has 0 radical (unpaired) electrons. The molecule has 0 fully saturated rings. The molecule has 0 aliphatic carbocycles. The molecule has 1 atom stereocenters. The first-order chi connectivity index (χ1) is 6.68. The molecule has 4 nitrogen and oxygen atoms in total. The van der Waals surface area contributed by atoms with Crippen LogP contribution in [0.3, 0.4) is 0 Å². The number of fused-ring (bicyclic) bond motifs is 1. The van der Waals surface area contributed by atoms with Crippen molar-refractivity contribution >= 4 is 11.6 Å². The number of nitrogens with one attached hydrogen (secondary N) is 1. The number of nitrogens with two attached hydrogens (primary N) is 1. The molecular weight excluding hydrogens is 180 g/mol. The van der Waals surface area contributed by atoms with Gasteiger partial charge in [-0.05, 0) is 6.07 Å². The van der Waals surface area contributed by atoms with E-state index in [-0.39, 0.29) is 11.9 Å². The van der Waals surface area contributed by atoms with Crippen LogP contribution in [0, 0.1) is 0 Å². The van der Waals surface area contributed by atoms with Crippen LogP contribution in [0.15, 0.2) is 18.2 Å². The number of carbonyl (C=O) groups is 1. The minimum atomic E-state index is -0.109. The van der Waals surface area contributed by atoms with Gasteiger partial charge < -0.3 is 15.8 Å². The predicted octanol–water partition coefficient (Wildman–Crippen LogP) is 1.04. The van der Waals surface area contributed by atoms with Gasteiger partial charge >= 0.3 is 0 Å². The van der Waals surface area contributed by atoms with Gasteiger partial charge in [-0.25, -0.2) is 0 Å². The first-order valence-electron chi connectivity index (χ1n) is 4.47. The summed E-state index contributed by atoms with van der Waals surface area (Å²) >= 11 is 0. The molecule has 1 heterocycles. The topological polar surface area (TPSA) is 64.3 Å². The van der Waals surface area contributed by atoms with Crippen molar-refractivity contribution in [1.82, 2.24) is 0 Å². The summed E-state index contributed by atoms with van der Waals surface area (Å²) in [6.45, 7) is 1.94. The van der Waals surface area contributed by atoms with Crippen LogP contribution in [-0.2, 0) is 4.79 Å². The van der Waals surface area contributed by atoms with Crippen molar-refractivity contribution in [3.63, 3.8) is 0 Å². The van der Waals surface area contributed by atoms with E-state index in [2.05, 4.69) is 5.32 Å². The molecule has 14 heavy (non-hydrogen) atoms. The molecule has 1 amide bonds. The summed E-state index contributed by atoms with van der Waals surface area (Å²) in [5.41, 5.74) is 7.46. The first-order valence-corrected chi connectivity index (χ1v) is 4.47. The van der Waals surface area contributed by atoms with Crippen molar-refractivity contribution in [2.75, 3.05) is 11.9 Å². The van der Waals surface area contributed by atoms with Crippen LogP contribution >= 0.6 is 0 Å².